The van der Waals surface area contributed by atoms with E-state index in [9.17, 15) is 4.79 Å². The Morgan fingerprint density at radius 2 is 2.00 bits per heavy atom. The number of halogens is 1. The van der Waals surface area contributed by atoms with Crippen LogP contribution < -0.4 is 4.74 Å². The van der Waals surface area contributed by atoms with Crippen molar-refractivity contribution in [2.24, 2.45) is 0 Å². The lowest BCUT2D eigenvalue weighted by Crippen LogP contribution is -2.31. The first kappa shape index (κ1) is 21.2. The van der Waals surface area contributed by atoms with E-state index in [4.69, 9.17) is 16.3 Å². The van der Waals surface area contributed by atoms with Crippen LogP contribution in [0.5, 0.6) is 11.6 Å². The van der Waals surface area contributed by atoms with E-state index in [1.165, 1.54) is 0 Å². The molecule has 1 amide bonds. The second-order valence-corrected chi connectivity index (χ2v) is 8.37. The number of hydrogen-bond donors (Lipinski definition) is 0. The summed E-state index contributed by atoms with van der Waals surface area (Å²) in [6.45, 7) is 1.35. The van der Waals surface area contributed by atoms with Gasteiger partial charge in [-0.25, -0.2) is 9.97 Å². The zero-order chi connectivity index (χ0) is 22.6. The molecular formula is C25H22ClN5O2. The van der Waals surface area contributed by atoms with Gasteiger partial charge in [-0.1, -0.05) is 23.7 Å². The smallest absolute Gasteiger partial charge is 0.254 e. The molecule has 1 saturated heterocycles. The summed E-state index contributed by atoms with van der Waals surface area (Å²) in [6, 6.07) is 14.7. The maximum Gasteiger partial charge on any atom is 0.254 e. The fraction of sp³-hybridized carbons (Fsp3) is 0.200. The summed E-state index contributed by atoms with van der Waals surface area (Å²) < 4.78 is 7.81. The van der Waals surface area contributed by atoms with E-state index in [1.807, 2.05) is 39.9 Å². The number of benzene rings is 2. The third-order valence-corrected chi connectivity index (χ3v) is 5.87. The molecule has 4 aromatic rings. The van der Waals surface area contributed by atoms with E-state index in [-0.39, 0.29) is 11.9 Å². The Labute approximate surface area is 196 Å². The molecule has 0 unspecified atom stereocenters. The Hall–Kier alpha value is -3.71. The summed E-state index contributed by atoms with van der Waals surface area (Å²) in [5.41, 5.74) is 2.44. The Balaban J connectivity index is 1.34. The lowest BCUT2D eigenvalue weighted by Gasteiger charge is -2.24. The van der Waals surface area contributed by atoms with Crippen molar-refractivity contribution >= 4 is 17.5 Å². The highest BCUT2D eigenvalue weighted by Gasteiger charge is 2.32. The number of rotatable bonds is 6. The molecule has 2 aromatic carbocycles. The highest BCUT2D eigenvalue weighted by Crippen LogP contribution is 2.33. The molecule has 1 fully saturated rings. The van der Waals surface area contributed by atoms with Crippen LogP contribution in [-0.4, -0.2) is 36.9 Å². The molecule has 0 spiro atoms. The van der Waals surface area contributed by atoms with Crippen LogP contribution >= 0.6 is 11.6 Å². The van der Waals surface area contributed by atoms with E-state index in [1.54, 1.807) is 49.2 Å². The lowest BCUT2D eigenvalue weighted by atomic mass is 10.1. The standard InChI is InChI=1S/C25H22ClN5O2/c26-20-6-8-21(9-7-20)33-24-15-28-14-22(29-24)23-5-2-11-31(23)25(32)19-4-1-3-18(13-19)16-30-12-10-27-17-30/h1,3-4,6-10,12-15,17,23H,2,5,11,16H2/t23-/m1/s1. The Bertz CT molecular complexity index is 1240. The summed E-state index contributed by atoms with van der Waals surface area (Å²) in [7, 11) is 0. The molecule has 8 heteroatoms. The Morgan fingerprint density at radius 1 is 1.12 bits per heavy atom. The van der Waals surface area contributed by atoms with Gasteiger partial charge in [-0.05, 0) is 54.8 Å². The number of aromatic nitrogens is 4. The normalized spacial score (nSPS) is 15.5. The van der Waals surface area contributed by atoms with Gasteiger partial charge >= 0.3 is 0 Å². The van der Waals surface area contributed by atoms with Crippen LogP contribution in [0.3, 0.4) is 0 Å². The summed E-state index contributed by atoms with van der Waals surface area (Å²) in [5, 5.41) is 0.636. The molecule has 5 rings (SSSR count). The minimum Gasteiger partial charge on any atom is -0.437 e. The van der Waals surface area contributed by atoms with Crippen molar-refractivity contribution in [2.45, 2.75) is 25.4 Å². The minimum atomic E-state index is -0.143. The van der Waals surface area contributed by atoms with Gasteiger partial charge in [0.2, 0.25) is 5.88 Å². The molecule has 0 aliphatic carbocycles. The number of imidazole rings is 1. The Morgan fingerprint density at radius 3 is 2.82 bits per heavy atom. The number of ether oxygens (including phenoxy) is 1. The molecular weight excluding hydrogens is 438 g/mol. The number of hydrogen-bond acceptors (Lipinski definition) is 5. The number of likely N-dealkylation sites (tertiary alicyclic amines) is 1. The topological polar surface area (TPSA) is 73.1 Å². The largest absolute Gasteiger partial charge is 0.437 e. The van der Waals surface area contributed by atoms with Gasteiger partial charge in [0, 0.05) is 36.1 Å². The van der Waals surface area contributed by atoms with Crippen LogP contribution in [0.25, 0.3) is 0 Å². The zero-order valence-corrected chi connectivity index (χ0v) is 18.6. The van der Waals surface area contributed by atoms with E-state index in [2.05, 4.69) is 15.0 Å². The molecule has 166 valence electrons. The molecule has 2 aromatic heterocycles. The quantitative estimate of drug-likeness (QED) is 0.399. The molecule has 7 nitrogen and oxygen atoms in total. The molecule has 1 atom stereocenters. The third-order valence-electron chi connectivity index (χ3n) is 5.62. The molecule has 0 radical (unpaired) electrons. The maximum atomic E-state index is 13.4. The molecule has 0 N–H and O–H groups in total. The van der Waals surface area contributed by atoms with Crippen LogP contribution in [0.1, 0.15) is 40.5 Å². The number of nitrogens with zero attached hydrogens (tertiary/aromatic N) is 5. The van der Waals surface area contributed by atoms with E-state index < -0.39 is 0 Å². The first-order valence-electron chi connectivity index (χ1n) is 10.8. The van der Waals surface area contributed by atoms with Crippen molar-refractivity contribution < 1.29 is 9.53 Å². The van der Waals surface area contributed by atoms with Gasteiger partial charge in [-0.3, -0.25) is 9.78 Å². The second kappa shape index (κ2) is 9.42. The molecule has 33 heavy (non-hydrogen) atoms. The molecule has 1 aliphatic rings. The molecule has 1 aliphatic heterocycles. The second-order valence-electron chi connectivity index (χ2n) is 7.93. The van der Waals surface area contributed by atoms with Gasteiger partial charge in [-0.15, -0.1) is 0 Å². The summed E-state index contributed by atoms with van der Waals surface area (Å²) in [5.74, 6) is 1.01. The highest BCUT2D eigenvalue weighted by molar-refractivity contribution is 6.30. The third kappa shape index (κ3) is 4.88. The van der Waals surface area contributed by atoms with Crippen LogP contribution in [-0.2, 0) is 6.54 Å². The highest BCUT2D eigenvalue weighted by atomic mass is 35.5. The molecule has 3 heterocycles. The van der Waals surface area contributed by atoms with Gasteiger partial charge in [0.1, 0.15) is 5.75 Å². The van der Waals surface area contributed by atoms with E-state index in [0.717, 1.165) is 24.1 Å². The fourth-order valence-electron chi connectivity index (χ4n) is 4.07. The molecule has 0 bridgehead atoms. The number of carbonyl (C=O) groups is 1. The van der Waals surface area contributed by atoms with Crippen molar-refractivity contribution in [1.82, 2.24) is 24.4 Å². The Kier molecular flexibility index (Phi) is 6.04. The monoisotopic (exact) mass is 459 g/mol. The lowest BCUT2D eigenvalue weighted by molar-refractivity contribution is 0.0732. The van der Waals surface area contributed by atoms with Crippen LogP contribution in [0.4, 0.5) is 0 Å². The van der Waals surface area contributed by atoms with Crippen molar-refractivity contribution in [1.29, 1.82) is 0 Å². The van der Waals surface area contributed by atoms with E-state index in [0.29, 0.717) is 35.3 Å². The van der Waals surface area contributed by atoms with Gasteiger partial charge in [0.05, 0.1) is 30.5 Å². The minimum absolute atomic E-state index is 0.00389. The van der Waals surface area contributed by atoms with Crippen molar-refractivity contribution in [3.63, 3.8) is 0 Å². The number of carbonyl (C=O) groups excluding carboxylic acids is 1. The van der Waals surface area contributed by atoms with E-state index >= 15 is 0 Å². The van der Waals surface area contributed by atoms with Gasteiger partial charge in [0.25, 0.3) is 5.91 Å². The van der Waals surface area contributed by atoms with Crippen LogP contribution in [0, 0.1) is 0 Å². The number of amides is 1. The van der Waals surface area contributed by atoms with Gasteiger partial charge in [-0.2, -0.15) is 0 Å². The van der Waals surface area contributed by atoms with Gasteiger partial charge < -0.3 is 14.2 Å². The average molecular weight is 460 g/mol. The van der Waals surface area contributed by atoms with Crippen molar-refractivity contribution in [2.75, 3.05) is 6.54 Å². The first-order chi connectivity index (χ1) is 16.2. The van der Waals surface area contributed by atoms with Crippen molar-refractivity contribution in [3.8, 4) is 11.6 Å². The van der Waals surface area contributed by atoms with Crippen LogP contribution in [0.2, 0.25) is 5.02 Å². The zero-order valence-electron chi connectivity index (χ0n) is 17.8. The predicted molar refractivity (Wildman–Crippen MR) is 124 cm³/mol. The SMILES string of the molecule is O=C(c1cccc(Cn2ccnc2)c1)N1CCC[C@@H]1c1cncc(Oc2ccc(Cl)cc2)n1. The fourth-order valence-corrected chi connectivity index (χ4v) is 4.20. The molecule has 0 saturated carbocycles. The summed E-state index contributed by atoms with van der Waals surface area (Å²) in [4.78, 5) is 28.3. The van der Waals surface area contributed by atoms with Gasteiger partial charge in [0.15, 0.2) is 0 Å². The summed E-state index contributed by atoms with van der Waals surface area (Å²) in [6.07, 6.45) is 10.4. The maximum absolute atomic E-state index is 13.4. The summed E-state index contributed by atoms with van der Waals surface area (Å²) >= 11 is 5.94. The van der Waals surface area contributed by atoms with Crippen LogP contribution in [0.15, 0.2) is 79.6 Å². The average Bonchev–Trinajstić information content (AvgIpc) is 3.53. The van der Waals surface area contributed by atoms with Crippen molar-refractivity contribution in [3.05, 3.63) is 101 Å². The predicted octanol–water partition coefficient (Wildman–Crippen LogP) is 5.14. The first-order valence-corrected chi connectivity index (χ1v) is 11.1.